The van der Waals surface area contributed by atoms with Gasteiger partial charge in [0.15, 0.2) is 6.61 Å². The highest BCUT2D eigenvalue weighted by atomic mass is 35.5. The molecule has 0 unspecified atom stereocenters. The molecule has 0 aromatic heterocycles. The van der Waals surface area contributed by atoms with Gasteiger partial charge >= 0.3 is 0 Å². The molecule has 3 aromatic carbocycles. The molecule has 2 amide bonds. The van der Waals surface area contributed by atoms with Crippen LogP contribution in [0.4, 0.5) is 11.4 Å². The van der Waals surface area contributed by atoms with Crippen LogP contribution in [0.15, 0.2) is 66.7 Å². The van der Waals surface area contributed by atoms with Crippen molar-refractivity contribution in [2.24, 2.45) is 0 Å². The predicted molar refractivity (Wildman–Crippen MR) is 129 cm³/mol. The molecule has 0 fully saturated rings. The number of rotatable bonds is 5. The van der Waals surface area contributed by atoms with Gasteiger partial charge in [-0.3, -0.25) is 9.59 Å². The standard InChI is InChI=1S/C24H17Cl3N2O3/c25-17-5-1-15(2-6-17)13-29-21-12-19(8-9-22(21)32-14-24(29)31)28-23(30)10-4-16-3-7-18(26)11-20(16)27/h1-12H,13-14H2,(H,28,30)/b10-4+. The molecule has 1 aliphatic heterocycles. The number of hydrogen-bond acceptors (Lipinski definition) is 3. The zero-order valence-corrected chi connectivity index (χ0v) is 18.9. The van der Waals surface area contributed by atoms with Crippen molar-refractivity contribution in [3.63, 3.8) is 0 Å². The van der Waals surface area contributed by atoms with Crippen LogP contribution in [0, 0.1) is 0 Å². The van der Waals surface area contributed by atoms with E-state index in [0.717, 1.165) is 5.56 Å². The Labute approximate surface area is 200 Å². The maximum absolute atomic E-state index is 12.5. The van der Waals surface area contributed by atoms with Gasteiger partial charge in [-0.2, -0.15) is 0 Å². The summed E-state index contributed by atoms with van der Waals surface area (Å²) in [6, 6.07) is 17.5. The van der Waals surface area contributed by atoms with Crippen LogP contribution in [-0.2, 0) is 16.1 Å². The zero-order chi connectivity index (χ0) is 22.7. The average molecular weight is 488 g/mol. The van der Waals surface area contributed by atoms with Crippen LogP contribution >= 0.6 is 34.8 Å². The van der Waals surface area contributed by atoms with E-state index in [0.29, 0.717) is 44.3 Å². The number of benzene rings is 3. The molecule has 3 aromatic rings. The van der Waals surface area contributed by atoms with E-state index in [-0.39, 0.29) is 18.4 Å². The smallest absolute Gasteiger partial charge is 0.265 e. The first-order valence-electron chi connectivity index (χ1n) is 9.65. The molecule has 0 aliphatic carbocycles. The molecule has 0 radical (unpaired) electrons. The van der Waals surface area contributed by atoms with Crippen LogP contribution in [-0.4, -0.2) is 18.4 Å². The Hall–Kier alpha value is -2.99. The minimum atomic E-state index is -0.344. The summed E-state index contributed by atoms with van der Waals surface area (Å²) < 4.78 is 5.55. The van der Waals surface area contributed by atoms with E-state index in [1.54, 1.807) is 59.5 Å². The largest absolute Gasteiger partial charge is 0.482 e. The lowest BCUT2D eigenvalue weighted by Crippen LogP contribution is -2.38. The molecule has 5 nitrogen and oxygen atoms in total. The lowest BCUT2D eigenvalue weighted by molar-refractivity contribution is -0.121. The fourth-order valence-electron chi connectivity index (χ4n) is 3.21. The fraction of sp³-hybridized carbons (Fsp3) is 0.0833. The molecule has 1 heterocycles. The number of carbonyl (C=O) groups is 2. The second-order valence-electron chi connectivity index (χ2n) is 7.07. The van der Waals surface area contributed by atoms with Crippen molar-refractivity contribution in [2.45, 2.75) is 6.54 Å². The van der Waals surface area contributed by atoms with Gasteiger partial charge < -0.3 is 15.0 Å². The molecule has 1 N–H and O–H groups in total. The number of fused-ring (bicyclic) bond motifs is 1. The molecule has 32 heavy (non-hydrogen) atoms. The molecular weight excluding hydrogens is 471 g/mol. The monoisotopic (exact) mass is 486 g/mol. The number of nitrogens with zero attached hydrogens (tertiary/aromatic N) is 1. The van der Waals surface area contributed by atoms with Gasteiger partial charge in [0.05, 0.1) is 12.2 Å². The lowest BCUT2D eigenvalue weighted by atomic mass is 10.1. The summed E-state index contributed by atoms with van der Waals surface area (Å²) in [5, 5.41) is 4.39. The van der Waals surface area contributed by atoms with Gasteiger partial charge in [0.25, 0.3) is 5.91 Å². The van der Waals surface area contributed by atoms with E-state index in [9.17, 15) is 9.59 Å². The minimum Gasteiger partial charge on any atom is -0.482 e. The highest BCUT2D eigenvalue weighted by Crippen LogP contribution is 2.35. The fourth-order valence-corrected chi connectivity index (χ4v) is 3.81. The molecule has 0 bridgehead atoms. The number of halogens is 3. The summed E-state index contributed by atoms with van der Waals surface area (Å²) in [4.78, 5) is 26.6. The van der Waals surface area contributed by atoms with E-state index in [2.05, 4.69) is 5.32 Å². The second-order valence-corrected chi connectivity index (χ2v) is 8.35. The predicted octanol–water partition coefficient (Wildman–Crippen LogP) is 6.22. The van der Waals surface area contributed by atoms with Gasteiger partial charge in [0.2, 0.25) is 5.91 Å². The zero-order valence-electron chi connectivity index (χ0n) is 16.6. The van der Waals surface area contributed by atoms with Gasteiger partial charge in [-0.15, -0.1) is 0 Å². The topological polar surface area (TPSA) is 58.6 Å². The number of amides is 2. The lowest BCUT2D eigenvalue weighted by Gasteiger charge is -2.30. The van der Waals surface area contributed by atoms with Crippen molar-refractivity contribution in [2.75, 3.05) is 16.8 Å². The van der Waals surface area contributed by atoms with Crippen molar-refractivity contribution in [3.05, 3.63) is 92.9 Å². The Morgan fingerprint density at radius 1 is 1.00 bits per heavy atom. The Morgan fingerprint density at radius 3 is 2.50 bits per heavy atom. The van der Waals surface area contributed by atoms with E-state index in [1.807, 2.05) is 12.1 Å². The first-order valence-corrected chi connectivity index (χ1v) is 10.8. The van der Waals surface area contributed by atoms with Crippen molar-refractivity contribution < 1.29 is 14.3 Å². The van der Waals surface area contributed by atoms with Crippen LogP contribution in [0.1, 0.15) is 11.1 Å². The van der Waals surface area contributed by atoms with Crippen molar-refractivity contribution in [3.8, 4) is 5.75 Å². The summed E-state index contributed by atoms with van der Waals surface area (Å²) in [5.41, 5.74) is 2.70. The average Bonchev–Trinajstić information content (AvgIpc) is 2.76. The first kappa shape index (κ1) is 22.2. The van der Waals surface area contributed by atoms with Gasteiger partial charge in [0.1, 0.15) is 5.75 Å². The summed E-state index contributed by atoms with van der Waals surface area (Å²) >= 11 is 18.0. The van der Waals surface area contributed by atoms with Crippen LogP contribution in [0.3, 0.4) is 0 Å². The van der Waals surface area contributed by atoms with Gasteiger partial charge in [-0.25, -0.2) is 0 Å². The third-order valence-corrected chi connectivity index (χ3v) is 5.61. The highest BCUT2D eigenvalue weighted by molar-refractivity contribution is 6.35. The molecule has 1 aliphatic rings. The number of anilines is 2. The Bertz CT molecular complexity index is 1210. The SMILES string of the molecule is O=C(/C=C/c1ccc(Cl)cc1Cl)Nc1ccc2c(c1)N(Cc1ccc(Cl)cc1)C(=O)CO2. The van der Waals surface area contributed by atoms with Crippen molar-refractivity contribution in [1.29, 1.82) is 0 Å². The molecule has 0 saturated heterocycles. The Balaban J connectivity index is 1.52. The van der Waals surface area contributed by atoms with Crippen LogP contribution in [0.25, 0.3) is 6.08 Å². The normalized spacial score (nSPS) is 13.1. The molecule has 0 atom stereocenters. The number of nitrogens with one attached hydrogen (secondary N) is 1. The number of ether oxygens (including phenoxy) is 1. The molecule has 0 saturated carbocycles. The number of carbonyl (C=O) groups excluding carboxylic acids is 2. The molecule has 0 spiro atoms. The quantitative estimate of drug-likeness (QED) is 0.434. The van der Waals surface area contributed by atoms with E-state index in [4.69, 9.17) is 39.5 Å². The van der Waals surface area contributed by atoms with Gasteiger partial charge in [0, 0.05) is 26.8 Å². The van der Waals surface area contributed by atoms with E-state index >= 15 is 0 Å². The summed E-state index contributed by atoms with van der Waals surface area (Å²) in [6.07, 6.45) is 2.98. The van der Waals surface area contributed by atoms with E-state index < -0.39 is 0 Å². The molecular formula is C24H17Cl3N2O3. The maximum Gasteiger partial charge on any atom is 0.265 e. The first-order chi connectivity index (χ1) is 15.4. The van der Waals surface area contributed by atoms with Gasteiger partial charge in [-0.1, -0.05) is 53.0 Å². The van der Waals surface area contributed by atoms with E-state index in [1.165, 1.54) is 6.08 Å². The van der Waals surface area contributed by atoms with Crippen molar-refractivity contribution in [1.82, 2.24) is 0 Å². The molecule has 8 heteroatoms. The third kappa shape index (κ3) is 5.25. The summed E-state index contributed by atoms with van der Waals surface area (Å²) in [6.45, 7) is 0.315. The summed E-state index contributed by atoms with van der Waals surface area (Å²) in [7, 11) is 0. The van der Waals surface area contributed by atoms with Crippen molar-refractivity contribution >= 4 is 64.1 Å². The third-order valence-electron chi connectivity index (χ3n) is 4.80. The highest BCUT2D eigenvalue weighted by Gasteiger charge is 2.26. The molecule has 162 valence electrons. The Morgan fingerprint density at radius 2 is 1.75 bits per heavy atom. The Kier molecular flexibility index (Phi) is 6.70. The van der Waals surface area contributed by atoms with Crippen LogP contribution < -0.4 is 15.0 Å². The summed E-state index contributed by atoms with van der Waals surface area (Å²) in [5.74, 6) is 0.0523. The minimum absolute atomic E-state index is 0.0448. The maximum atomic E-state index is 12.5. The van der Waals surface area contributed by atoms with Crippen LogP contribution in [0.5, 0.6) is 5.75 Å². The number of hydrogen-bond donors (Lipinski definition) is 1. The van der Waals surface area contributed by atoms with Gasteiger partial charge in [-0.05, 0) is 59.7 Å². The second kappa shape index (κ2) is 9.65. The van der Waals surface area contributed by atoms with Crippen LogP contribution in [0.2, 0.25) is 15.1 Å². The molecule has 4 rings (SSSR count).